The SMILES string of the molecule is CC(Br)CC(F)Cc1ccccc1. The quantitative estimate of drug-likeness (QED) is 0.709. The first-order valence-corrected chi connectivity index (χ1v) is 5.42. The fourth-order valence-corrected chi connectivity index (χ4v) is 1.71. The van der Waals surface area contributed by atoms with Crippen LogP contribution >= 0.6 is 15.9 Å². The summed E-state index contributed by atoms with van der Waals surface area (Å²) in [4.78, 5) is 0.256. The van der Waals surface area contributed by atoms with Crippen LogP contribution < -0.4 is 0 Å². The molecule has 1 aromatic carbocycles. The monoisotopic (exact) mass is 244 g/mol. The van der Waals surface area contributed by atoms with Gasteiger partial charge in [-0.3, -0.25) is 0 Å². The molecule has 2 heteroatoms. The Morgan fingerprint density at radius 2 is 1.92 bits per heavy atom. The van der Waals surface area contributed by atoms with E-state index in [1.165, 1.54) is 0 Å². The summed E-state index contributed by atoms with van der Waals surface area (Å²) in [6.45, 7) is 1.97. The Morgan fingerprint density at radius 3 is 2.46 bits per heavy atom. The summed E-state index contributed by atoms with van der Waals surface area (Å²) in [5, 5.41) is 0. The zero-order chi connectivity index (χ0) is 9.68. The molecule has 1 aromatic rings. The predicted molar refractivity (Wildman–Crippen MR) is 58.0 cm³/mol. The molecule has 0 aliphatic rings. The molecule has 2 atom stereocenters. The number of halogens is 2. The van der Waals surface area contributed by atoms with Crippen molar-refractivity contribution in [3.63, 3.8) is 0 Å². The first kappa shape index (κ1) is 10.7. The van der Waals surface area contributed by atoms with Gasteiger partial charge in [-0.25, -0.2) is 4.39 Å². The van der Waals surface area contributed by atoms with Gasteiger partial charge in [0.25, 0.3) is 0 Å². The summed E-state index contributed by atoms with van der Waals surface area (Å²) in [7, 11) is 0. The Labute approximate surface area is 87.3 Å². The minimum absolute atomic E-state index is 0.256. The van der Waals surface area contributed by atoms with Gasteiger partial charge >= 0.3 is 0 Å². The van der Waals surface area contributed by atoms with Crippen LogP contribution in [0.5, 0.6) is 0 Å². The van der Waals surface area contributed by atoms with Crippen LogP contribution in [-0.4, -0.2) is 11.0 Å². The van der Waals surface area contributed by atoms with E-state index in [-0.39, 0.29) is 4.83 Å². The van der Waals surface area contributed by atoms with E-state index in [4.69, 9.17) is 0 Å². The maximum atomic E-state index is 13.3. The van der Waals surface area contributed by atoms with Gasteiger partial charge < -0.3 is 0 Å². The Hall–Kier alpha value is -0.370. The molecule has 0 saturated heterocycles. The molecular formula is C11H14BrF. The highest BCUT2D eigenvalue weighted by Crippen LogP contribution is 2.14. The molecule has 0 aliphatic heterocycles. The van der Waals surface area contributed by atoms with Gasteiger partial charge in [0, 0.05) is 11.2 Å². The van der Waals surface area contributed by atoms with E-state index < -0.39 is 6.17 Å². The maximum Gasteiger partial charge on any atom is 0.105 e. The minimum Gasteiger partial charge on any atom is -0.247 e. The molecule has 0 aromatic heterocycles. The van der Waals surface area contributed by atoms with E-state index in [1.807, 2.05) is 37.3 Å². The van der Waals surface area contributed by atoms with Crippen molar-refractivity contribution < 1.29 is 4.39 Å². The third-order valence-electron chi connectivity index (χ3n) is 1.88. The number of alkyl halides is 2. The second-order valence-corrected chi connectivity index (χ2v) is 4.87. The van der Waals surface area contributed by atoms with Gasteiger partial charge in [0.05, 0.1) is 0 Å². The fraction of sp³-hybridized carbons (Fsp3) is 0.455. The van der Waals surface area contributed by atoms with Gasteiger partial charge in [-0.05, 0) is 12.0 Å². The average molecular weight is 245 g/mol. The van der Waals surface area contributed by atoms with E-state index in [0.717, 1.165) is 5.56 Å². The normalized spacial score (nSPS) is 15.3. The second kappa shape index (κ2) is 5.38. The topological polar surface area (TPSA) is 0 Å². The van der Waals surface area contributed by atoms with E-state index >= 15 is 0 Å². The van der Waals surface area contributed by atoms with Gasteiger partial charge in [0.2, 0.25) is 0 Å². The molecule has 0 heterocycles. The Bertz CT molecular complexity index is 233. The van der Waals surface area contributed by atoms with E-state index in [9.17, 15) is 4.39 Å². The molecule has 0 aliphatic carbocycles. The molecule has 0 amide bonds. The molecule has 0 bridgehead atoms. The standard InChI is InChI=1S/C11H14BrF/c1-9(12)7-11(13)8-10-5-3-2-4-6-10/h2-6,9,11H,7-8H2,1H3. The third kappa shape index (κ3) is 4.41. The first-order chi connectivity index (χ1) is 6.18. The molecule has 13 heavy (non-hydrogen) atoms. The van der Waals surface area contributed by atoms with E-state index in [0.29, 0.717) is 12.8 Å². The lowest BCUT2D eigenvalue weighted by molar-refractivity contribution is 0.314. The van der Waals surface area contributed by atoms with E-state index in [2.05, 4.69) is 15.9 Å². The molecule has 2 unspecified atom stereocenters. The van der Waals surface area contributed by atoms with Crippen LogP contribution in [0.1, 0.15) is 18.9 Å². The predicted octanol–water partition coefficient (Wildman–Crippen LogP) is 3.74. The van der Waals surface area contributed by atoms with Crippen LogP contribution in [0.4, 0.5) is 4.39 Å². The lowest BCUT2D eigenvalue weighted by atomic mass is 10.1. The Morgan fingerprint density at radius 1 is 1.31 bits per heavy atom. The third-order valence-corrected chi connectivity index (χ3v) is 2.25. The van der Waals surface area contributed by atoms with Gasteiger partial charge in [-0.1, -0.05) is 53.2 Å². The van der Waals surface area contributed by atoms with Crippen molar-refractivity contribution in [3.05, 3.63) is 35.9 Å². The van der Waals surface area contributed by atoms with Crippen molar-refractivity contribution in [2.75, 3.05) is 0 Å². The largest absolute Gasteiger partial charge is 0.247 e. The molecule has 0 N–H and O–H groups in total. The minimum atomic E-state index is -0.739. The summed E-state index contributed by atoms with van der Waals surface area (Å²) < 4.78 is 13.3. The molecule has 0 radical (unpaired) electrons. The Balaban J connectivity index is 2.41. The lowest BCUT2D eigenvalue weighted by Gasteiger charge is -2.09. The van der Waals surface area contributed by atoms with Crippen molar-refractivity contribution in [3.8, 4) is 0 Å². The molecule has 72 valence electrons. The van der Waals surface area contributed by atoms with Crippen LogP contribution in [0.3, 0.4) is 0 Å². The summed E-state index contributed by atoms with van der Waals surface area (Å²) in [5.74, 6) is 0. The van der Waals surface area contributed by atoms with Gasteiger partial charge in [-0.2, -0.15) is 0 Å². The molecular weight excluding hydrogens is 231 g/mol. The van der Waals surface area contributed by atoms with Gasteiger partial charge in [-0.15, -0.1) is 0 Å². The maximum absolute atomic E-state index is 13.3. The van der Waals surface area contributed by atoms with E-state index in [1.54, 1.807) is 0 Å². The highest BCUT2D eigenvalue weighted by atomic mass is 79.9. The lowest BCUT2D eigenvalue weighted by Crippen LogP contribution is -2.09. The van der Waals surface area contributed by atoms with Crippen molar-refractivity contribution >= 4 is 15.9 Å². The zero-order valence-electron chi connectivity index (χ0n) is 7.71. The summed E-state index contributed by atoms with van der Waals surface area (Å²) >= 11 is 3.35. The van der Waals surface area contributed by atoms with Crippen LogP contribution in [0.25, 0.3) is 0 Å². The summed E-state index contributed by atoms with van der Waals surface area (Å²) in [6.07, 6.45) is 0.364. The number of rotatable bonds is 4. The molecule has 0 saturated carbocycles. The molecule has 0 fully saturated rings. The molecule has 1 rings (SSSR count). The van der Waals surface area contributed by atoms with Crippen molar-refractivity contribution in [2.24, 2.45) is 0 Å². The number of benzene rings is 1. The van der Waals surface area contributed by atoms with Gasteiger partial charge in [0.1, 0.15) is 6.17 Å². The second-order valence-electron chi connectivity index (χ2n) is 3.30. The van der Waals surface area contributed by atoms with Crippen LogP contribution in [0.2, 0.25) is 0 Å². The number of hydrogen-bond donors (Lipinski definition) is 0. The van der Waals surface area contributed by atoms with Crippen molar-refractivity contribution in [2.45, 2.75) is 30.8 Å². The fourth-order valence-electron chi connectivity index (χ4n) is 1.31. The average Bonchev–Trinajstić information content (AvgIpc) is 2.04. The van der Waals surface area contributed by atoms with Crippen molar-refractivity contribution in [1.82, 2.24) is 0 Å². The molecule has 0 nitrogen and oxygen atoms in total. The summed E-state index contributed by atoms with van der Waals surface area (Å²) in [6, 6.07) is 9.76. The summed E-state index contributed by atoms with van der Waals surface area (Å²) in [5.41, 5.74) is 1.07. The highest BCUT2D eigenvalue weighted by Gasteiger charge is 2.10. The highest BCUT2D eigenvalue weighted by molar-refractivity contribution is 9.09. The smallest absolute Gasteiger partial charge is 0.105 e. The van der Waals surface area contributed by atoms with Crippen LogP contribution in [-0.2, 0) is 6.42 Å². The van der Waals surface area contributed by atoms with Gasteiger partial charge in [0.15, 0.2) is 0 Å². The zero-order valence-corrected chi connectivity index (χ0v) is 9.30. The Kier molecular flexibility index (Phi) is 4.43. The van der Waals surface area contributed by atoms with Crippen molar-refractivity contribution in [1.29, 1.82) is 0 Å². The first-order valence-electron chi connectivity index (χ1n) is 4.50. The van der Waals surface area contributed by atoms with Crippen LogP contribution in [0.15, 0.2) is 30.3 Å². The molecule has 0 spiro atoms. The number of hydrogen-bond acceptors (Lipinski definition) is 0. The van der Waals surface area contributed by atoms with Crippen LogP contribution in [0, 0.1) is 0 Å².